The predicted molar refractivity (Wildman–Crippen MR) is 55.9 cm³/mol. The fraction of sp³-hybridized carbons (Fsp3) is 0.167. The predicted octanol–water partition coefficient (Wildman–Crippen LogP) is 2.39. The van der Waals surface area contributed by atoms with Crippen molar-refractivity contribution in [3.63, 3.8) is 0 Å². The van der Waals surface area contributed by atoms with Gasteiger partial charge in [0.25, 0.3) is 0 Å². The first-order valence-electron chi connectivity index (χ1n) is 4.75. The molecule has 76 valence electrons. The van der Waals surface area contributed by atoms with Gasteiger partial charge in [0.2, 0.25) is 0 Å². The van der Waals surface area contributed by atoms with Crippen LogP contribution in [0.4, 0.5) is 0 Å². The highest BCUT2D eigenvalue weighted by atomic mass is 16.4. The van der Waals surface area contributed by atoms with Crippen LogP contribution >= 0.6 is 0 Å². The van der Waals surface area contributed by atoms with Gasteiger partial charge in [0.05, 0.1) is 5.69 Å². The van der Waals surface area contributed by atoms with Crippen molar-refractivity contribution < 1.29 is 9.21 Å². The van der Waals surface area contributed by atoms with E-state index in [1.165, 1.54) is 0 Å². The monoisotopic (exact) mass is 201 g/mol. The maximum absolute atomic E-state index is 10.7. The molecule has 1 aromatic heterocycles. The summed E-state index contributed by atoms with van der Waals surface area (Å²) in [4.78, 5) is 14.9. The molecule has 0 fully saturated rings. The number of aromatic nitrogens is 1. The lowest BCUT2D eigenvalue weighted by Gasteiger charge is -1.96. The lowest BCUT2D eigenvalue weighted by atomic mass is 10.1. The van der Waals surface area contributed by atoms with Gasteiger partial charge in [0, 0.05) is 13.3 Å². The van der Waals surface area contributed by atoms with E-state index in [0.29, 0.717) is 30.1 Å². The van der Waals surface area contributed by atoms with E-state index in [4.69, 9.17) is 4.42 Å². The molecule has 0 aliphatic heterocycles. The zero-order valence-corrected chi connectivity index (χ0v) is 8.43. The minimum Gasteiger partial charge on any atom is -0.438 e. The van der Waals surface area contributed by atoms with Gasteiger partial charge in [-0.1, -0.05) is 30.3 Å². The molecular weight excluding hydrogens is 190 g/mol. The molecule has 0 amide bonds. The molecular formula is C12H11NO2. The lowest BCUT2D eigenvalue weighted by Crippen LogP contribution is -1.92. The smallest absolute Gasteiger partial charge is 0.192 e. The maximum atomic E-state index is 10.7. The highest BCUT2D eigenvalue weighted by Gasteiger charge is 2.09. The van der Waals surface area contributed by atoms with E-state index in [1.807, 2.05) is 30.3 Å². The normalized spacial score (nSPS) is 10.2. The number of carbonyl (C=O) groups excluding carboxylic acids is 1. The average Bonchev–Trinajstić information content (AvgIpc) is 2.60. The zero-order chi connectivity index (χ0) is 10.7. The molecule has 0 spiro atoms. The number of hydrogen-bond donors (Lipinski definition) is 0. The zero-order valence-electron chi connectivity index (χ0n) is 8.43. The van der Waals surface area contributed by atoms with Crippen LogP contribution in [-0.2, 0) is 6.42 Å². The highest BCUT2D eigenvalue weighted by molar-refractivity contribution is 5.72. The first-order chi connectivity index (χ1) is 7.29. The van der Waals surface area contributed by atoms with Crippen LogP contribution in [0.25, 0.3) is 0 Å². The molecule has 0 atom stereocenters. The average molecular weight is 201 g/mol. The van der Waals surface area contributed by atoms with Gasteiger partial charge in [-0.05, 0) is 5.56 Å². The molecule has 2 aromatic rings. The van der Waals surface area contributed by atoms with Crippen molar-refractivity contribution in [1.82, 2.24) is 4.98 Å². The number of nitrogens with zero attached hydrogens (tertiary/aromatic N) is 1. The minimum atomic E-state index is 0.330. The molecule has 15 heavy (non-hydrogen) atoms. The van der Waals surface area contributed by atoms with Gasteiger partial charge < -0.3 is 4.42 Å². The largest absolute Gasteiger partial charge is 0.438 e. The van der Waals surface area contributed by atoms with E-state index < -0.39 is 0 Å². The summed E-state index contributed by atoms with van der Waals surface area (Å²) in [6.45, 7) is 1.74. The second-order valence-electron chi connectivity index (χ2n) is 3.32. The van der Waals surface area contributed by atoms with Gasteiger partial charge in [0.15, 0.2) is 17.9 Å². The SMILES string of the molecule is Cc1nc(Cc2ccccc2)c(C=O)o1. The molecule has 0 N–H and O–H groups in total. The molecule has 0 unspecified atom stereocenters. The third kappa shape index (κ3) is 2.13. The number of benzene rings is 1. The molecule has 0 saturated heterocycles. The molecule has 2 rings (SSSR count). The summed E-state index contributed by atoms with van der Waals surface area (Å²) in [6, 6.07) is 9.88. The number of rotatable bonds is 3. The molecule has 0 saturated carbocycles. The fourth-order valence-electron chi connectivity index (χ4n) is 1.49. The molecule has 1 aromatic carbocycles. The summed E-state index contributed by atoms with van der Waals surface area (Å²) in [6.07, 6.45) is 1.34. The van der Waals surface area contributed by atoms with Gasteiger partial charge in [-0.2, -0.15) is 0 Å². The van der Waals surface area contributed by atoms with Crippen molar-refractivity contribution in [2.24, 2.45) is 0 Å². The summed E-state index contributed by atoms with van der Waals surface area (Å²) in [5.74, 6) is 0.861. The van der Waals surface area contributed by atoms with Crippen molar-refractivity contribution in [2.75, 3.05) is 0 Å². The highest BCUT2D eigenvalue weighted by Crippen LogP contribution is 2.13. The summed E-state index contributed by atoms with van der Waals surface area (Å²) in [5.41, 5.74) is 1.82. The molecule has 1 heterocycles. The Morgan fingerprint density at radius 2 is 2.07 bits per heavy atom. The third-order valence-electron chi connectivity index (χ3n) is 2.16. The fourth-order valence-corrected chi connectivity index (χ4v) is 1.49. The summed E-state index contributed by atoms with van der Waals surface area (Å²) >= 11 is 0. The summed E-state index contributed by atoms with van der Waals surface area (Å²) in [7, 11) is 0. The van der Waals surface area contributed by atoms with Crippen molar-refractivity contribution in [3.05, 3.63) is 53.2 Å². The Balaban J connectivity index is 2.28. The number of hydrogen-bond acceptors (Lipinski definition) is 3. The quantitative estimate of drug-likeness (QED) is 0.716. The molecule has 3 nitrogen and oxygen atoms in total. The molecule has 0 aliphatic rings. The van der Waals surface area contributed by atoms with Crippen molar-refractivity contribution in [1.29, 1.82) is 0 Å². The summed E-state index contributed by atoms with van der Waals surface area (Å²) in [5, 5.41) is 0. The van der Waals surface area contributed by atoms with Crippen LogP contribution in [0.1, 0.15) is 27.7 Å². The topological polar surface area (TPSA) is 43.1 Å². The van der Waals surface area contributed by atoms with Crippen molar-refractivity contribution in [3.8, 4) is 0 Å². The Labute approximate surface area is 87.8 Å². The molecule has 0 radical (unpaired) electrons. The molecule has 0 bridgehead atoms. The third-order valence-corrected chi connectivity index (χ3v) is 2.16. The molecule has 0 aliphatic carbocycles. The van der Waals surface area contributed by atoms with Gasteiger partial charge in [-0.25, -0.2) is 4.98 Å². The standard InChI is InChI=1S/C12H11NO2/c1-9-13-11(12(8-14)15-9)7-10-5-3-2-4-6-10/h2-6,8H,7H2,1H3. The number of carbonyl (C=O) groups is 1. The maximum Gasteiger partial charge on any atom is 0.192 e. The Hall–Kier alpha value is -1.90. The van der Waals surface area contributed by atoms with Gasteiger partial charge in [0.1, 0.15) is 0 Å². The second-order valence-corrected chi connectivity index (χ2v) is 3.32. The van der Waals surface area contributed by atoms with E-state index >= 15 is 0 Å². The number of aryl methyl sites for hydroxylation is 1. The van der Waals surface area contributed by atoms with Gasteiger partial charge in [-0.3, -0.25) is 4.79 Å². The van der Waals surface area contributed by atoms with E-state index in [-0.39, 0.29) is 0 Å². The Morgan fingerprint density at radius 3 is 2.73 bits per heavy atom. The lowest BCUT2D eigenvalue weighted by molar-refractivity contribution is 0.109. The van der Waals surface area contributed by atoms with Crippen molar-refractivity contribution in [2.45, 2.75) is 13.3 Å². The Morgan fingerprint density at radius 1 is 1.33 bits per heavy atom. The van der Waals surface area contributed by atoms with Crippen LogP contribution in [0.5, 0.6) is 0 Å². The summed E-state index contributed by atoms with van der Waals surface area (Å²) < 4.78 is 5.16. The van der Waals surface area contributed by atoms with Crippen LogP contribution in [0.3, 0.4) is 0 Å². The Bertz CT molecular complexity index is 460. The van der Waals surface area contributed by atoms with Crippen LogP contribution in [0.2, 0.25) is 0 Å². The minimum absolute atomic E-state index is 0.330. The molecule has 3 heteroatoms. The van der Waals surface area contributed by atoms with Crippen LogP contribution in [0, 0.1) is 6.92 Å². The van der Waals surface area contributed by atoms with Gasteiger partial charge >= 0.3 is 0 Å². The van der Waals surface area contributed by atoms with Crippen LogP contribution in [0.15, 0.2) is 34.7 Å². The Kier molecular flexibility index (Phi) is 2.63. The van der Waals surface area contributed by atoms with Gasteiger partial charge in [-0.15, -0.1) is 0 Å². The number of oxazole rings is 1. The van der Waals surface area contributed by atoms with E-state index in [0.717, 1.165) is 5.56 Å². The van der Waals surface area contributed by atoms with Crippen molar-refractivity contribution >= 4 is 6.29 Å². The van der Waals surface area contributed by atoms with E-state index in [2.05, 4.69) is 4.98 Å². The first kappa shape index (κ1) is 9.65. The second kappa shape index (κ2) is 4.09. The van der Waals surface area contributed by atoms with E-state index in [9.17, 15) is 4.79 Å². The van der Waals surface area contributed by atoms with Crippen LogP contribution < -0.4 is 0 Å². The first-order valence-corrected chi connectivity index (χ1v) is 4.75. The van der Waals surface area contributed by atoms with Crippen LogP contribution in [-0.4, -0.2) is 11.3 Å². The number of aldehydes is 1. The van der Waals surface area contributed by atoms with E-state index in [1.54, 1.807) is 6.92 Å².